The number of carboxylic acids is 1. The lowest BCUT2D eigenvalue weighted by Gasteiger charge is -2.25. The highest BCUT2D eigenvalue weighted by Gasteiger charge is 2.20. The molecule has 2 N–H and O–H groups in total. The Kier molecular flexibility index (Phi) is 3.72. The number of hydrogen-bond donors (Lipinski definition) is 2. The van der Waals surface area contributed by atoms with Crippen molar-refractivity contribution in [3.05, 3.63) is 11.8 Å². The molecule has 2 heterocycles. The molecular weight excluding hydrogens is 204 g/mol. The Labute approximate surface area is 95.5 Å². The van der Waals surface area contributed by atoms with Gasteiger partial charge in [0.05, 0.1) is 0 Å². The molecule has 4 heteroatoms. The lowest BCUT2D eigenvalue weighted by atomic mass is 9.82. The normalized spacial score (nSPS) is 30.6. The Morgan fingerprint density at radius 2 is 2.12 bits per heavy atom. The molecule has 0 atom stereocenters. The van der Waals surface area contributed by atoms with Gasteiger partial charge in [-0.1, -0.05) is 0 Å². The zero-order valence-corrected chi connectivity index (χ0v) is 9.35. The fraction of sp³-hybridized carbons (Fsp3) is 0.667. The maximum atomic E-state index is 10.9. The first-order chi connectivity index (χ1) is 7.75. The van der Waals surface area contributed by atoms with Gasteiger partial charge in [-0.15, -0.1) is 0 Å². The highest BCUT2D eigenvalue weighted by atomic mass is 16.4. The van der Waals surface area contributed by atoms with Crippen LogP contribution < -0.4 is 5.32 Å². The van der Waals surface area contributed by atoms with Crippen LogP contribution in [0.3, 0.4) is 0 Å². The SMILES string of the molecule is O=C(O)C1=CCNCC2CCC(C=N1)CC2. The Balaban J connectivity index is 2.11. The second-order valence-electron chi connectivity index (χ2n) is 4.61. The van der Waals surface area contributed by atoms with Crippen molar-refractivity contribution in [1.82, 2.24) is 5.32 Å². The van der Waals surface area contributed by atoms with Crippen LogP contribution in [0, 0.1) is 11.8 Å². The first-order valence-electron chi connectivity index (χ1n) is 5.94. The zero-order valence-electron chi connectivity index (χ0n) is 9.35. The number of hydrogen-bond acceptors (Lipinski definition) is 3. The van der Waals surface area contributed by atoms with E-state index in [9.17, 15) is 4.79 Å². The van der Waals surface area contributed by atoms with E-state index in [1.54, 1.807) is 6.08 Å². The molecule has 0 radical (unpaired) electrons. The molecule has 2 bridgehead atoms. The number of nitrogens with zero attached hydrogens (tertiary/aromatic N) is 1. The zero-order chi connectivity index (χ0) is 11.4. The van der Waals surface area contributed by atoms with Crippen molar-refractivity contribution in [2.45, 2.75) is 25.7 Å². The van der Waals surface area contributed by atoms with Gasteiger partial charge in [-0.2, -0.15) is 0 Å². The predicted octanol–water partition coefficient (Wildman–Crippen LogP) is 1.44. The summed E-state index contributed by atoms with van der Waals surface area (Å²) in [6, 6.07) is 0. The smallest absolute Gasteiger partial charge is 0.354 e. The van der Waals surface area contributed by atoms with Gasteiger partial charge in [0.1, 0.15) is 5.70 Å². The predicted molar refractivity (Wildman–Crippen MR) is 62.5 cm³/mol. The van der Waals surface area contributed by atoms with Gasteiger partial charge in [0, 0.05) is 12.8 Å². The number of aliphatic imine (C=N–C) groups is 1. The Morgan fingerprint density at radius 1 is 1.38 bits per heavy atom. The Morgan fingerprint density at radius 3 is 2.81 bits per heavy atom. The Bertz CT molecular complexity index is 315. The molecule has 0 saturated heterocycles. The minimum absolute atomic E-state index is 0.165. The maximum Gasteiger partial charge on any atom is 0.354 e. The van der Waals surface area contributed by atoms with E-state index >= 15 is 0 Å². The number of rotatable bonds is 1. The monoisotopic (exact) mass is 222 g/mol. The average Bonchev–Trinajstić information content (AvgIpc) is 2.35. The lowest BCUT2D eigenvalue weighted by molar-refractivity contribution is -0.132. The molecule has 0 amide bonds. The summed E-state index contributed by atoms with van der Waals surface area (Å²) >= 11 is 0. The first kappa shape index (κ1) is 11.3. The largest absolute Gasteiger partial charge is 0.477 e. The number of nitrogens with one attached hydrogen (secondary N) is 1. The van der Waals surface area contributed by atoms with Crippen LogP contribution in [0.4, 0.5) is 0 Å². The van der Waals surface area contributed by atoms with Crippen molar-refractivity contribution in [3.8, 4) is 0 Å². The van der Waals surface area contributed by atoms with E-state index in [1.807, 2.05) is 6.21 Å². The lowest BCUT2D eigenvalue weighted by Crippen LogP contribution is -2.26. The molecule has 1 saturated carbocycles. The topological polar surface area (TPSA) is 61.7 Å². The second kappa shape index (κ2) is 5.25. The van der Waals surface area contributed by atoms with Gasteiger partial charge in [0.2, 0.25) is 0 Å². The van der Waals surface area contributed by atoms with Crippen LogP contribution in [0.1, 0.15) is 25.7 Å². The van der Waals surface area contributed by atoms with Gasteiger partial charge in [-0.25, -0.2) is 4.79 Å². The van der Waals surface area contributed by atoms with Crippen molar-refractivity contribution >= 4 is 12.2 Å². The molecule has 0 spiro atoms. The third-order valence-corrected chi connectivity index (χ3v) is 3.41. The third kappa shape index (κ3) is 2.92. The number of aliphatic carboxylic acids is 1. The molecule has 3 aliphatic rings. The molecule has 0 aromatic rings. The minimum Gasteiger partial charge on any atom is -0.477 e. The highest BCUT2D eigenvalue weighted by Crippen LogP contribution is 2.27. The van der Waals surface area contributed by atoms with E-state index in [0.29, 0.717) is 12.5 Å². The van der Waals surface area contributed by atoms with Crippen molar-refractivity contribution in [1.29, 1.82) is 0 Å². The summed E-state index contributed by atoms with van der Waals surface area (Å²) in [5.74, 6) is 0.286. The summed E-state index contributed by atoms with van der Waals surface area (Å²) in [7, 11) is 0. The summed E-state index contributed by atoms with van der Waals surface area (Å²) in [6.45, 7) is 1.59. The van der Waals surface area contributed by atoms with Crippen molar-refractivity contribution < 1.29 is 9.90 Å². The van der Waals surface area contributed by atoms with E-state index < -0.39 is 5.97 Å². The molecular formula is C12H18N2O2. The van der Waals surface area contributed by atoms with Crippen LogP contribution in [0.5, 0.6) is 0 Å². The standard InChI is InChI=1S/C12H18N2O2/c15-12(16)11-5-6-13-7-9-1-3-10(4-2-9)8-14-11/h5,8-10,13H,1-4,6-7H2,(H,15,16). The van der Waals surface area contributed by atoms with E-state index in [-0.39, 0.29) is 5.70 Å². The van der Waals surface area contributed by atoms with Gasteiger partial charge >= 0.3 is 5.97 Å². The van der Waals surface area contributed by atoms with Crippen LogP contribution in [0.25, 0.3) is 0 Å². The molecule has 16 heavy (non-hydrogen) atoms. The molecule has 88 valence electrons. The van der Waals surface area contributed by atoms with Crippen molar-refractivity contribution in [3.63, 3.8) is 0 Å². The number of carboxylic acid groups (broad SMARTS) is 1. The molecule has 2 aliphatic heterocycles. The summed E-state index contributed by atoms with van der Waals surface area (Å²) in [5, 5.41) is 12.2. The fourth-order valence-corrected chi connectivity index (χ4v) is 2.38. The summed E-state index contributed by atoms with van der Waals surface area (Å²) < 4.78 is 0. The van der Waals surface area contributed by atoms with Crippen LogP contribution in [0.15, 0.2) is 16.8 Å². The van der Waals surface area contributed by atoms with Crippen LogP contribution in [0.2, 0.25) is 0 Å². The second-order valence-corrected chi connectivity index (χ2v) is 4.61. The van der Waals surface area contributed by atoms with E-state index in [0.717, 1.165) is 25.3 Å². The van der Waals surface area contributed by atoms with Gasteiger partial charge in [0.15, 0.2) is 0 Å². The fourth-order valence-electron chi connectivity index (χ4n) is 2.38. The molecule has 1 aliphatic carbocycles. The molecule has 4 nitrogen and oxygen atoms in total. The van der Waals surface area contributed by atoms with Gasteiger partial charge < -0.3 is 10.4 Å². The summed E-state index contributed by atoms with van der Waals surface area (Å²) in [6.07, 6.45) is 8.23. The third-order valence-electron chi connectivity index (χ3n) is 3.41. The maximum absolute atomic E-state index is 10.9. The van der Waals surface area contributed by atoms with Crippen LogP contribution in [-0.2, 0) is 4.79 Å². The first-order valence-corrected chi connectivity index (χ1v) is 5.94. The quantitative estimate of drug-likeness (QED) is 0.705. The number of fused-ring (bicyclic) bond motifs is 6. The molecule has 3 rings (SSSR count). The molecule has 0 aromatic carbocycles. The van der Waals surface area contributed by atoms with Gasteiger partial charge in [-0.05, 0) is 50.1 Å². The van der Waals surface area contributed by atoms with Crippen LogP contribution in [-0.4, -0.2) is 30.4 Å². The summed E-state index contributed by atoms with van der Waals surface area (Å²) in [5.41, 5.74) is 0.165. The number of carbonyl (C=O) groups is 1. The average molecular weight is 222 g/mol. The molecule has 1 fully saturated rings. The summed E-state index contributed by atoms with van der Waals surface area (Å²) in [4.78, 5) is 15.0. The van der Waals surface area contributed by atoms with E-state index in [2.05, 4.69) is 10.3 Å². The highest BCUT2D eigenvalue weighted by molar-refractivity contribution is 5.88. The van der Waals surface area contributed by atoms with Crippen molar-refractivity contribution in [2.75, 3.05) is 13.1 Å². The van der Waals surface area contributed by atoms with Crippen molar-refractivity contribution in [2.24, 2.45) is 16.8 Å². The van der Waals surface area contributed by atoms with Gasteiger partial charge in [0.25, 0.3) is 0 Å². The van der Waals surface area contributed by atoms with E-state index in [1.165, 1.54) is 12.8 Å². The van der Waals surface area contributed by atoms with E-state index in [4.69, 9.17) is 5.11 Å². The van der Waals surface area contributed by atoms with Gasteiger partial charge in [-0.3, -0.25) is 4.99 Å². The molecule has 0 aromatic heterocycles. The van der Waals surface area contributed by atoms with Crippen LogP contribution >= 0.6 is 0 Å². The Hall–Kier alpha value is -1.16. The minimum atomic E-state index is -0.938. The molecule has 0 unspecified atom stereocenters.